The molecule has 0 heterocycles. The van der Waals surface area contributed by atoms with E-state index in [2.05, 4.69) is 38.0 Å². The lowest BCUT2D eigenvalue weighted by Gasteiger charge is -2.36. The van der Waals surface area contributed by atoms with Crippen LogP contribution in [0.1, 0.15) is 40.5 Å². The molecule has 0 saturated heterocycles. The molecule has 94 valence electrons. The van der Waals surface area contributed by atoms with Crippen molar-refractivity contribution in [3.8, 4) is 0 Å². The number of nitrogens with zero attached hydrogens (tertiary/aromatic N) is 1. The number of hydrogen-bond acceptors (Lipinski definition) is 2. The van der Waals surface area contributed by atoms with Gasteiger partial charge in [-0.05, 0) is 32.6 Å². The molecule has 1 saturated carbocycles. The first-order valence-electron chi connectivity index (χ1n) is 6.19. The summed E-state index contributed by atoms with van der Waals surface area (Å²) in [5.74, 6) is 1.13. The highest BCUT2D eigenvalue weighted by molar-refractivity contribution is 5.78. The van der Waals surface area contributed by atoms with Gasteiger partial charge in [-0.2, -0.15) is 0 Å². The van der Waals surface area contributed by atoms with Gasteiger partial charge < -0.3 is 15.8 Å². The average molecular weight is 227 g/mol. The van der Waals surface area contributed by atoms with E-state index < -0.39 is 0 Å². The van der Waals surface area contributed by atoms with E-state index in [1.807, 2.05) is 0 Å². The maximum atomic E-state index is 5.78. The minimum atomic E-state index is 0.318. The van der Waals surface area contributed by atoms with Crippen LogP contribution in [0.25, 0.3) is 0 Å². The van der Waals surface area contributed by atoms with Gasteiger partial charge in [-0.1, -0.05) is 13.8 Å². The number of rotatable bonds is 5. The van der Waals surface area contributed by atoms with Crippen LogP contribution in [0.4, 0.5) is 0 Å². The molecule has 0 aromatic rings. The Bertz CT molecular complexity index is 232. The Morgan fingerprint density at radius 3 is 2.50 bits per heavy atom. The van der Waals surface area contributed by atoms with Crippen LogP contribution in [0.5, 0.6) is 0 Å². The van der Waals surface area contributed by atoms with Gasteiger partial charge in [0.05, 0.1) is 12.2 Å². The zero-order chi connectivity index (χ0) is 12.1. The zero-order valence-corrected chi connectivity index (χ0v) is 10.9. The summed E-state index contributed by atoms with van der Waals surface area (Å²) in [5.41, 5.74) is 5.78. The molecular formula is C12H25N3O. The second-order valence-corrected chi connectivity index (χ2v) is 5.24. The van der Waals surface area contributed by atoms with Crippen molar-refractivity contribution < 1.29 is 4.74 Å². The summed E-state index contributed by atoms with van der Waals surface area (Å²) in [6.07, 6.45) is 2.79. The van der Waals surface area contributed by atoms with Crippen LogP contribution in [0.15, 0.2) is 4.99 Å². The molecule has 1 rings (SSSR count). The van der Waals surface area contributed by atoms with E-state index in [9.17, 15) is 0 Å². The van der Waals surface area contributed by atoms with Gasteiger partial charge in [0.15, 0.2) is 5.96 Å². The second-order valence-electron chi connectivity index (χ2n) is 5.24. The quantitative estimate of drug-likeness (QED) is 0.553. The topological polar surface area (TPSA) is 59.6 Å². The Balaban J connectivity index is 2.14. The molecule has 0 radical (unpaired) electrons. The first-order chi connectivity index (χ1) is 7.47. The van der Waals surface area contributed by atoms with Gasteiger partial charge in [-0.25, -0.2) is 0 Å². The largest absolute Gasteiger partial charge is 0.375 e. The van der Waals surface area contributed by atoms with Gasteiger partial charge in [0, 0.05) is 12.6 Å². The first-order valence-corrected chi connectivity index (χ1v) is 6.19. The van der Waals surface area contributed by atoms with Crippen molar-refractivity contribution in [1.29, 1.82) is 0 Å². The monoisotopic (exact) mass is 227 g/mol. The fourth-order valence-electron chi connectivity index (χ4n) is 1.72. The van der Waals surface area contributed by atoms with Gasteiger partial charge in [0.1, 0.15) is 0 Å². The van der Waals surface area contributed by atoms with Gasteiger partial charge in [0.25, 0.3) is 0 Å². The van der Waals surface area contributed by atoms with Crippen LogP contribution >= 0.6 is 0 Å². The van der Waals surface area contributed by atoms with E-state index >= 15 is 0 Å². The summed E-state index contributed by atoms with van der Waals surface area (Å²) in [4.78, 5) is 4.27. The number of aliphatic imine (C=N–C) groups is 1. The highest BCUT2D eigenvalue weighted by Crippen LogP contribution is 2.24. The van der Waals surface area contributed by atoms with Gasteiger partial charge in [-0.3, -0.25) is 4.99 Å². The second kappa shape index (κ2) is 6.09. The standard InChI is InChI=1S/C12H25N3O/c1-8(2)7-14-12(13)15-10-5-11(6-10)16-9(3)4/h8-11H,5-7H2,1-4H3,(H3,13,14,15). The summed E-state index contributed by atoms with van der Waals surface area (Å²) < 4.78 is 5.68. The molecule has 0 aromatic heterocycles. The van der Waals surface area contributed by atoms with Crippen molar-refractivity contribution in [2.45, 2.75) is 58.8 Å². The van der Waals surface area contributed by atoms with Crippen LogP contribution in [0.3, 0.4) is 0 Å². The number of hydrogen-bond donors (Lipinski definition) is 2. The van der Waals surface area contributed by atoms with E-state index in [1.54, 1.807) is 0 Å². The van der Waals surface area contributed by atoms with Gasteiger partial charge >= 0.3 is 0 Å². The molecule has 0 spiro atoms. The fourth-order valence-corrected chi connectivity index (χ4v) is 1.72. The van der Waals surface area contributed by atoms with E-state index in [0.717, 1.165) is 19.4 Å². The lowest BCUT2D eigenvalue weighted by Crippen LogP contribution is -2.50. The highest BCUT2D eigenvalue weighted by atomic mass is 16.5. The summed E-state index contributed by atoms with van der Waals surface area (Å²) in [6.45, 7) is 9.19. The lowest BCUT2D eigenvalue weighted by molar-refractivity contribution is -0.0466. The molecule has 1 fully saturated rings. The third-order valence-corrected chi connectivity index (χ3v) is 2.54. The Labute approximate surface area is 98.6 Å². The van der Waals surface area contributed by atoms with E-state index in [0.29, 0.717) is 30.1 Å². The highest BCUT2D eigenvalue weighted by Gasteiger charge is 2.30. The Hall–Kier alpha value is -0.770. The smallest absolute Gasteiger partial charge is 0.188 e. The molecule has 1 aliphatic carbocycles. The molecule has 0 aliphatic heterocycles. The van der Waals surface area contributed by atoms with Crippen molar-refractivity contribution in [2.75, 3.05) is 6.54 Å². The maximum absolute atomic E-state index is 5.78. The molecule has 0 atom stereocenters. The van der Waals surface area contributed by atoms with Crippen molar-refractivity contribution >= 4 is 5.96 Å². The SMILES string of the molecule is CC(C)CN=C(N)NC1CC(OC(C)C)C1. The average Bonchev–Trinajstić information content (AvgIpc) is 2.10. The summed E-state index contributed by atoms with van der Waals surface area (Å²) in [5, 5.41) is 3.22. The summed E-state index contributed by atoms with van der Waals surface area (Å²) >= 11 is 0. The van der Waals surface area contributed by atoms with Crippen LogP contribution < -0.4 is 11.1 Å². The van der Waals surface area contributed by atoms with Crippen LogP contribution in [0.2, 0.25) is 0 Å². The predicted octanol–water partition coefficient (Wildman–Crippen LogP) is 1.50. The Morgan fingerprint density at radius 1 is 1.38 bits per heavy atom. The lowest BCUT2D eigenvalue weighted by atomic mass is 9.89. The molecule has 4 nitrogen and oxygen atoms in total. The van der Waals surface area contributed by atoms with Crippen molar-refractivity contribution in [1.82, 2.24) is 5.32 Å². The normalized spacial score (nSPS) is 26.0. The zero-order valence-electron chi connectivity index (χ0n) is 10.9. The number of nitrogens with one attached hydrogen (secondary N) is 1. The fraction of sp³-hybridized carbons (Fsp3) is 0.917. The Morgan fingerprint density at radius 2 is 2.00 bits per heavy atom. The van der Waals surface area contributed by atoms with Crippen LogP contribution in [-0.4, -0.2) is 30.8 Å². The molecule has 0 amide bonds. The van der Waals surface area contributed by atoms with E-state index in [-0.39, 0.29) is 0 Å². The number of nitrogens with two attached hydrogens (primary N) is 1. The number of guanidine groups is 1. The van der Waals surface area contributed by atoms with Crippen molar-refractivity contribution in [3.05, 3.63) is 0 Å². The minimum absolute atomic E-state index is 0.318. The number of ether oxygens (including phenoxy) is 1. The molecule has 16 heavy (non-hydrogen) atoms. The molecule has 0 unspecified atom stereocenters. The van der Waals surface area contributed by atoms with Crippen molar-refractivity contribution in [2.24, 2.45) is 16.6 Å². The van der Waals surface area contributed by atoms with E-state index in [1.165, 1.54) is 0 Å². The van der Waals surface area contributed by atoms with Crippen molar-refractivity contribution in [3.63, 3.8) is 0 Å². The molecule has 3 N–H and O–H groups in total. The van der Waals surface area contributed by atoms with E-state index in [4.69, 9.17) is 10.5 Å². The van der Waals surface area contributed by atoms with Gasteiger partial charge in [-0.15, -0.1) is 0 Å². The molecule has 0 bridgehead atoms. The Kier molecular flexibility index (Phi) is 5.06. The van der Waals surface area contributed by atoms with Gasteiger partial charge in [0.2, 0.25) is 0 Å². The predicted molar refractivity (Wildman–Crippen MR) is 67.5 cm³/mol. The van der Waals surface area contributed by atoms with Crippen LogP contribution in [-0.2, 0) is 4.74 Å². The third kappa shape index (κ3) is 4.84. The third-order valence-electron chi connectivity index (χ3n) is 2.54. The molecule has 0 aromatic carbocycles. The van der Waals surface area contributed by atoms with Crippen LogP contribution in [0, 0.1) is 5.92 Å². The molecular weight excluding hydrogens is 202 g/mol. The summed E-state index contributed by atoms with van der Waals surface area (Å²) in [7, 11) is 0. The minimum Gasteiger partial charge on any atom is -0.375 e. The first kappa shape index (κ1) is 13.3. The maximum Gasteiger partial charge on any atom is 0.188 e. The summed E-state index contributed by atoms with van der Waals surface area (Å²) in [6, 6.07) is 0.444. The molecule has 1 aliphatic rings. The molecule has 4 heteroatoms.